The SMILES string of the molecule is CN(C)[C@@H]1CCN(C(=O)c2ccc(Nc3cncc(-c4cc5ccccc5[nH]4)n3)cc2)C1.O=C(O)C(F)(F)F. The van der Waals surface area contributed by atoms with Crippen LogP contribution < -0.4 is 5.32 Å². The zero-order valence-electron chi connectivity index (χ0n) is 21.2. The number of para-hydroxylation sites is 1. The maximum atomic E-state index is 12.8. The van der Waals surface area contributed by atoms with E-state index in [9.17, 15) is 18.0 Å². The molecule has 2 aromatic heterocycles. The number of likely N-dealkylation sites (tertiary alicyclic amines) is 1. The Morgan fingerprint density at radius 3 is 2.41 bits per heavy atom. The normalized spacial score (nSPS) is 15.2. The Morgan fingerprint density at radius 1 is 1.10 bits per heavy atom. The highest BCUT2D eigenvalue weighted by atomic mass is 19.4. The second-order valence-corrected chi connectivity index (χ2v) is 9.22. The summed E-state index contributed by atoms with van der Waals surface area (Å²) in [6, 6.07) is 18.2. The summed E-state index contributed by atoms with van der Waals surface area (Å²) in [4.78, 5) is 38.3. The number of H-pyrrole nitrogens is 1. The first-order chi connectivity index (χ1) is 18.5. The van der Waals surface area contributed by atoms with Gasteiger partial charge in [0.2, 0.25) is 0 Å². The van der Waals surface area contributed by atoms with Crippen LogP contribution in [0.5, 0.6) is 0 Å². The third-order valence-corrected chi connectivity index (χ3v) is 6.27. The van der Waals surface area contributed by atoms with Gasteiger partial charge in [-0.05, 0) is 56.9 Å². The Balaban J connectivity index is 0.000000448. The Bertz CT molecular complexity index is 1420. The van der Waals surface area contributed by atoms with Crippen molar-refractivity contribution in [1.82, 2.24) is 24.8 Å². The van der Waals surface area contributed by atoms with Gasteiger partial charge in [-0.15, -0.1) is 0 Å². The fraction of sp³-hybridized carbons (Fsp3) is 0.259. The minimum atomic E-state index is -5.08. The largest absolute Gasteiger partial charge is 0.490 e. The van der Waals surface area contributed by atoms with Crippen LogP contribution in [0.2, 0.25) is 0 Å². The fourth-order valence-corrected chi connectivity index (χ4v) is 4.14. The molecule has 1 aliphatic rings. The molecule has 1 saturated heterocycles. The van der Waals surface area contributed by atoms with Crippen LogP contribution in [-0.2, 0) is 4.79 Å². The standard InChI is InChI=1S/C25H26N6O.C2HF3O2/c1-30(2)20-11-12-31(16-20)25(32)17-7-9-19(10-8-17)27-24-15-26-14-23(29-24)22-13-18-5-3-4-6-21(18)28-22;3-2(4,5)1(6)7/h3-10,13-15,20,28H,11-12,16H2,1-2H3,(H,27,29);(H,6,7)/t20-;/m1./s1. The van der Waals surface area contributed by atoms with Gasteiger partial charge in [-0.1, -0.05) is 18.2 Å². The highest BCUT2D eigenvalue weighted by molar-refractivity contribution is 5.95. The number of anilines is 2. The Labute approximate surface area is 222 Å². The molecule has 204 valence electrons. The van der Waals surface area contributed by atoms with Crippen molar-refractivity contribution in [3.8, 4) is 11.4 Å². The van der Waals surface area contributed by atoms with E-state index >= 15 is 0 Å². The molecular weight excluding hydrogens is 513 g/mol. The highest BCUT2D eigenvalue weighted by Gasteiger charge is 2.38. The first-order valence-electron chi connectivity index (χ1n) is 12.0. The number of alkyl halides is 3. The third-order valence-electron chi connectivity index (χ3n) is 6.27. The number of carboxylic acids is 1. The highest BCUT2D eigenvalue weighted by Crippen LogP contribution is 2.24. The van der Waals surface area contributed by atoms with Crippen LogP contribution in [0.1, 0.15) is 16.8 Å². The van der Waals surface area contributed by atoms with Gasteiger partial charge in [-0.3, -0.25) is 9.78 Å². The number of likely N-dealkylation sites (N-methyl/N-ethyl adjacent to an activating group) is 1. The number of aromatic nitrogens is 3. The van der Waals surface area contributed by atoms with Crippen molar-refractivity contribution in [3.63, 3.8) is 0 Å². The van der Waals surface area contributed by atoms with Crippen LogP contribution in [0.3, 0.4) is 0 Å². The van der Waals surface area contributed by atoms with E-state index in [0.717, 1.165) is 47.5 Å². The molecule has 1 aliphatic heterocycles. The number of hydrogen-bond donors (Lipinski definition) is 3. The van der Waals surface area contributed by atoms with E-state index in [0.29, 0.717) is 17.4 Å². The lowest BCUT2D eigenvalue weighted by Crippen LogP contribution is -2.34. The van der Waals surface area contributed by atoms with Crippen molar-refractivity contribution in [2.24, 2.45) is 0 Å². The second-order valence-electron chi connectivity index (χ2n) is 9.22. The number of carbonyl (C=O) groups excluding carboxylic acids is 1. The number of nitrogens with zero attached hydrogens (tertiary/aromatic N) is 4. The molecule has 0 spiro atoms. The summed E-state index contributed by atoms with van der Waals surface area (Å²) in [7, 11) is 4.13. The third kappa shape index (κ3) is 6.90. The summed E-state index contributed by atoms with van der Waals surface area (Å²) in [5, 5.41) is 11.5. The monoisotopic (exact) mass is 540 g/mol. The Hall–Kier alpha value is -4.45. The number of carboxylic acid groups (broad SMARTS) is 1. The van der Waals surface area contributed by atoms with Gasteiger partial charge >= 0.3 is 12.1 Å². The molecule has 0 saturated carbocycles. The minimum absolute atomic E-state index is 0.0847. The molecule has 1 fully saturated rings. The molecule has 3 N–H and O–H groups in total. The van der Waals surface area contributed by atoms with Crippen molar-refractivity contribution in [1.29, 1.82) is 0 Å². The first kappa shape index (κ1) is 27.6. The number of fused-ring (bicyclic) bond motifs is 1. The van der Waals surface area contributed by atoms with E-state index in [1.807, 2.05) is 47.4 Å². The van der Waals surface area contributed by atoms with Crippen LogP contribution in [0, 0.1) is 0 Å². The number of amides is 1. The summed E-state index contributed by atoms with van der Waals surface area (Å²) in [6.45, 7) is 1.58. The van der Waals surface area contributed by atoms with Gasteiger partial charge in [0, 0.05) is 41.3 Å². The van der Waals surface area contributed by atoms with Crippen LogP contribution in [0.25, 0.3) is 22.3 Å². The number of carbonyl (C=O) groups is 2. The van der Waals surface area contributed by atoms with Gasteiger partial charge in [-0.25, -0.2) is 9.78 Å². The second kappa shape index (κ2) is 11.5. The van der Waals surface area contributed by atoms with Crippen LogP contribution in [0.15, 0.2) is 67.0 Å². The van der Waals surface area contributed by atoms with Crippen molar-refractivity contribution in [3.05, 3.63) is 72.6 Å². The van der Waals surface area contributed by atoms with Crippen LogP contribution in [0.4, 0.5) is 24.7 Å². The molecule has 0 unspecified atom stereocenters. The maximum absolute atomic E-state index is 12.8. The van der Waals surface area contributed by atoms with E-state index in [-0.39, 0.29) is 5.91 Å². The fourth-order valence-electron chi connectivity index (χ4n) is 4.14. The predicted molar refractivity (Wildman–Crippen MR) is 141 cm³/mol. The van der Waals surface area contributed by atoms with E-state index in [4.69, 9.17) is 14.9 Å². The minimum Gasteiger partial charge on any atom is -0.475 e. The van der Waals surface area contributed by atoms with Gasteiger partial charge < -0.3 is 25.2 Å². The van der Waals surface area contributed by atoms with Gasteiger partial charge in [0.1, 0.15) is 11.5 Å². The number of hydrogen-bond acceptors (Lipinski definition) is 6. The lowest BCUT2D eigenvalue weighted by atomic mass is 10.2. The quantitative estimate of drug-likeness (QED) is 0.334. The summed E-state index contributed by atoms with van der Waals surface area (Å²) in [5.74, 6) is -2.03. The molecule has 3 heterocycles. The molecular formula is C27H27F3N6O3. The Morgan fingerprint density at radius 2 is 1.79 bits per heavy atom. The smallest absolute Gasteiger partial charge is 0.475 e. The molecule has 2 aromatic carbocycles. The molecule has 9 nitrogen and oxygen atoms in total. The molecule has 39 heavy (non-hydrogen) atoms. The van der Waals surface area contributed by atoms with Gasteiger partial charge in [0.15, 0.2) is 0 Å². The predicted octanol–water partition coefficient (Wildman–Crippen LogP) is 4.78. The summed E-state index contributed by atoms with van der Waals surface area (Å²) >= 11 is 0. The Kier molecular flexibility index (Phi) is 8.15. The van der Waals surface area contributed by atoms with Gasteiger partial charge in [-0.2, -0.15) is 13.2 Å². The molecule has 1 amide bonds. The van der Waals surface area contributed by atoms with E-state index in [2.05, 4.69) is 46.4 Å². The van der Waals surface area contributed by atoms with Crippen LogP contribution in [-0.4, -0.2) is 81.1 Å². The number of rotatable bonds is 5. The molecule has 1 atom stereocenters. The van der Waals surface area contributed by atoms with Crippen LogP contribution >= 0.6 is 0 Å². The van der Waals surface area contributed by atoms with Crippen molar-refractivity contribution >= 4 is 34.3 Å². The average molecular weight is 541 g/mol. The van der Waals surface area contributed by atoms with Crippen molar-refractivity contribution in [2.45, 2.75) is 18.6 Å². The molecule has 12 heteroatoms. The lowest BCUT2D eigenvalue weighted by molar-refractivity contribution is -0.192. The average Bonchev–Trinajstić information content (AvgIpc) is 3.57. The van der Waals surface area contributed by atoms with Crippen molar-refractivity contribution in [2.75, 3.05) is 32.5 Å². The van der Waals surface area contributed by atoms with Crippen molar-refractivity contribution < 1.29 is 27.9 Å². The topological polar surface area (TPSA) is 114 Å². The molecule has 0 aliphatic carbocycles. The zero-order valence-corrected chi connectivity index (χ0v) is 21.2. The summed E-state index contributed by atoms with van der Waals surface area (Å²) < 4.78 is 31.7. The summed E-state index contributed by atoms with van der Waals surface area (Å²) in [6.07, 6.45) is -0.630. The van der Waals surface area contributed by atoms with E-state index in [1.54, 1.807) is 12.4 Å². The number of nitrogens with one attached hydrogen (secondary N) is 2. The number of aliphatic carboxylic acids is 1. The molecule has 0 radical (unpaired) electrons. The molecule has 4 aromatic rings. The van der Waals surface area contributed by atoms with Gasteiger partial charge in [0.05, 0.1) is 18.1 Å². The number of aromatic amines is 1. The lowest BCUT2D eigenvalue weighted by Gasteiger charge is -2.20. The number of benzene rings is 2. The molecule has 0 bridgehead atoms. The van der Waals surface area contributed by atoms with E-state index < -0.39 is 12.1 Å². The van der Waals surface area contributed by atoms with E-state index in [1.165, 1.54) is 0 Å². The zero-order chi connectivity index (χ0) is 28.2. The summed E-state index contributed by atoms with van der Waals surface area (Å²) in [5.41, 5.74) is 4.32. The molecule has 5 rings (SSSR count). The first-order valence-corrected chi connectivity index (χ1v) is 12.0. The maximum Gasteiger partial charge on any atom is 0.490 e. The number of halogens is 3. The van der Waals surface area contributed by atoms with Gasteiger partial charge in [0.25, 0.3) is 5.91 Å².